The first-order valence-corrected chi connectivity index (χ1v) is 16.6. The monoisotopic (exact) mass is 609 g/mol. The topological polar surface area (TPSA) is 30.3 Å². The van der Waals surface area contributed by atoms with Crippen molar-refractivity contribution in [3.8, 4) is 17.2 Å². The lowest BCUT2D eigenvalue weighted by molar-refractivity contribution is 0.256. The van der Waals surface area contributed by atoms with Crippen molar-refractivity contribution < 1.29 is 0 Å². The molecule has 6 atom stereocenters. The maximum atomic E-state index is 8.89. The van der Waals surface area contributed by atoms with Crippen molar-refractivity contribution in [1.29, 1.82) is 5.26 Å². The van der Waals surface area contributed by atoms with Gasteiger partial charge in [0.1, 0.15) is 0 Å². The van der Waals surface area contributed by atoms with Crippen molar-refractivity contribution in [2.24, 2.45) is 11.8 Å². The van der Waals surface area contributed by atoms with E-state index in [1.807, 2.05) is 24.3 Å². The number of hydrogen-bond donors (Lipinski definition) is 0. The Hall–Kier alpha value is -2.45. The predicted molar refractivity (Wildman–Crippen MR) is 173 cm³/mol. The van der Waals surface area contributed by atoms with Crippen molar-refractivity contribution in [3.05, 3.63) is 94.0 Å². The first-order chi connectivity index (χ1) is 20.0. The second-order valence-corrected chi connectivity index (χ2v) is 14.0. The standard InChI is InChI=1S/C22H24N2.C15H20BrN/c1-16-3-2-12-24(16)15-21-13-22(21)20-10-8-19(9-11-20)18-6-4-17(14-23)5-7-18;1-11-3-2-8-17(11)10-13-9-15(13)12-4-6-14(16)7-5-12/h4-11,16,21-22H,2-3,12-13,15H2,1H3;4-7,11,13,15H,2-3,8-10H2,1H3/t16-,21+,22+;11-,13+,15+/m00/s1. The van der Waals surface area contributed by atoms with Gasteiger partial charge in [-0.05, 0) is 136 Å². The zero-order valence-electron chi connectivity index (χ0n) is 24.7. The summed E-state index contributed by atoms with van der Waals surface area (Å²) in [6.07, 6.45) is 8.28. The van der Waals surface area contributed by atoms with Gasteiger partial charge in [-0.1, -0.05) is 64.5 Å². The molecule has 4 fully saturated rings. The lowest BCUT2D eigenvalue weighted by Gasteiger charge is -2.20. The third-order valence-electron chi connectivity index (χ3n) is 10.1. The minimum Gasteiger partial charge on any atom is -0.300 e. The van der Waals surface area contributed by atoms with Crippen molar-refractivity contribution in [2.75, 3.05) is 26.2 Å². The molecule has 214 valence electrons. The Morgan fingerprint density at radius 3 is 1.54 bits per heavy atom. The van der Waals surface area contributed by atoms with Crippen LogP contribution in [0.25, 0.3) is 11.1 Å². The molecule has 2 aliphatic heterocycles. The highest BCUT2D eigenvalue weighted by Gasteiger charge is 2.41. The number of rotatable bonds is 7. The van der Waals surface area contributed by atoms with Gasteiger partial charge in [-0.2, -0.15) is 5.26 Å². The Kier molecular flexibility index (Phi) is 8.96. The molecule has 3 aromatic rings. The van der Waals surface area contributed by atoms with E-state index in [2.05, 4.69) is 94.2 Å². The average molecular weight is 611 g/mol. The molecule has 41 heavy (non-hydrogen) atoms. The van der Waals surface area contributed by atoms with Crippen LogP contribution in [0.4, 0.5) is 0 Å². The first-order valence-electron chi connectivity index (χ1n) is 15.8. The van der Waals surface area contributed by atoms with Crippen LogP contribution in [0.2, 0.25) is 0 Å². The molecule has 0 radical (unpaired) electrons. The quantitative estimate of drug-likeness (QED) is 0.268. The maximum absolute atomic E-state index is 8.89. The van der Waals surface area contributed by atoms with Gasteiger partial charge in [-0.25, -0.2) is 0 Å². The molecule has 0 unspecified atom stereocenters. The van der Waals surface area contributed by atoms with Crippen molar-refractivity contribution in [1.82, 2.24) is 9.80 Å². The first kappa shape index (κ1) is 28.7. The minimum absolute atomic E-state index is 0.715. The molecular formula is C37H44BrN3. The molecule has 2 aliphatic carbocycles. The molecule has 2 saturated heterocycles. The Morgan fingerprint density at radius 2 is 1.12 bits per heavy atom. The zero-order valence-corrected chi connectivity index (χ0v) is 26.3. The molecule has 4 aliphatic rings. The molecule has 3 nitrogen and oxygen atoms in total. The van der Waals surface area contributed by atoms with E-state index in [1.165, 1.54) is 91.4 Å². The average Bonchev–Trinajstić information content (AvgIpc) is 3.87. The summed E-state index contributed by atoms with van der Waals surface area (Å²) in [6, 6.07) is 29.6. The van der Waals surface area contributed by atoms with Crippen LogP contribution in [0.15, 0.2) is 77.3 Å². The zero-order chi connectivity index (χ0) is 28.3. The second kappa shape index (κ2) is 12.8. The summed E-state index contributed by atoms with van der Waals surface area (Å²) in [5.41, 5.74) is 6.15. The van der Waals surface area contributed by atoms with Gasteiger partial charge in [0.15, 0.2) is 0 Å². The van der Waals surface area contributed by atoms with Gasteiger partial charge in [0.2, 0.25) is 0 Å². The van der Waals surface area contributed by atoms with E-state index in [4.69, 9.17) is 5.26 Å². The number of benzene rings is 3. The molecule has 3 aromatic carbocycles. The van der Waals surface area contributed by atoms with Crippen LogP contribution in [0.1, 0.15) is 80.9 Å². The number of likely N-dealkylation sites (tertiary alicyclic amines) is 2. The highest BCUT2D eigenvalue weighted by atomic mass is 79.9. The molecule has 0 amide bonds. The summed E-state index contributed by atoms with van der Waals surface area (Å²) in [7, 11) is 0. The van der Waals surface area contributed by atoms with Crippen LogP contribution in [0.3, 0.4) is 0 Å². The highest BCUT2D eigenvalue weighted by Crippen LogP contribution is 2.49. The summed E-state index contributed by atoms with van der Waals surface area (Å²) in [5, 5.41) is 8.89. The number of hydrogen-bond acceptors (Lipinski definition) is 3. The van der Waals surface area contributed by atoms with Crippen LogP contribution in [-0.4, -0.2) is 48.1 Å². The third kappa shape index (κ3) is 7.14. The van der Waals surface area contributed by atoms with E-state index in [1.54, 1.807) is 0 Å². The van der Waals surface area contributed by atoms with Crippen LogP contribution in [0.5, 0.6) is 0 Å². The van der Waals surface area contributed by atoms with Crippen LogP contribution >= 0.6 is 15.9 Å². The lowest BCUT2D eigenvalue weighted by atomic mass is 10.0. The van der Waals surface area contributed by atoms with E-state index < -0.39 is 0 Å². The number of halogens is 1. The fourth-order valence-electron chi connectivity index (χ4n) is 7.22. The fraction of sp³-hybridized carbons (Fsp3) is 0.486. The summed E-state index contributed by atoms with van der Waals surface area (Å²) < 4.78 is 1.19. The van der Waals surface area contributed by atoms with Crippen molar-refractivity contribution in [3.63, 3.8) is 0 Å². The van der Waals surface area contributed by atoms with Crippen LogP contribution < -0.4 is 0 Å². The summed E-state index contributed by atoms with van der Waals surface area (Å²) in [5.74, 6) is 3.35. The van der Waals surface area contributed by atoms with Crippen molar-refractivity contribution in [2.45, 2.75) is 76.3 Å². The predicted octanol–water partition coefficient (Wildman–Crippen LogP) is 8.85. The van der Waals surface area contributed by atoms with E-state index in [-0.39, 0.29) is 0 Å². The van der Waals surface area contributed by atoms with Gasteiger partial charge in [-0.15, -0.1) is 0 Å². The molecular weight excluding hydrogens is 566 g/mol. The van der Waals surface area contributed by atoms with E-state index in [0.717, 1.165) is 35.8 Å². The maximum Gasteiger partial charge on any atom is 0.0991 e. The van der Waals surface area contributed by atoms with E-state index in [9.17, 15) is 0 Å². The van der Waals surface area contributed by atoms with Gasteiger partial charge in [-0.3, -0.25) is 0 Å². The lowest BCUT2D eigenvalue weighted by Crippen LogP contribution is -2.29. The summed E-state index contributed by atoms with van der Waals surface area (Å²) in [6.45, 7) is 9.97. The van der Waals surface area contributed by atoms with E-state index >= 15 is 0 Å². The molecule has 0 N–H and O–H groups in total. The van der Waals surface area contributed by atoms with Gasteiger partial charge in [0.25, 0.3) is 0 Å². The molecule has 0 bridgehead atoms. The number of nitriles is 1. The Morgan fingerprint density at radius 1 is 0.683 bits per heavy atom. The van der Waals surface area contributed by atoms with E-state index in [0.29, 0.717) is 5.56 Å². The SMILES string of the molecule is C[C@H]1CCCN1C[C@H]1C[C@@H]1c1ccc(-c2ccc(C#N)cc2)cc1.C[C@H]1CCCN1C[C@H]1C[C@@H]1c1ccc(Br)cc1. The fourth-order valence-corrected chi connectivity index (χ4v) is 7.48. The second-order valence-electron chi connectivity index (χ2n) is 13.0. The Labute approximate surface area is 255 Å². The van der Waals surface area contributed by atoms with Gasteiger partial charge < -0.3 is 9.80 Å². The smallest absolute Gasteiger partial charge is 0.0991 e. The molecule has 4 heteroatoms. The molecule has 7 rings (SSSR count). The number of nitrogens with zero attached hydrogens (tertiary/aromatic N) is 3. The van der Waals surface area contributed by atoms with Gasteiger partial charge >= 0.3 is 0 Å². The van der Waals surface area contributed by atoms with Gasteiger partial charge in [0, 0.05) is 29.6 Å². The van der Waals surface area contributed by atoms with Crippen molar-refractivity contribution >= 4 is 15.9 Å². The molecule has 2 heterocycles. The molecule has 2 saturated carbocycles. The molecule has 0 aromatic heterocycles. The normalized spacial score (nSPS) is 29.0. The third-order valence-corrected chi connectivity index (χ3v) is 10.7. The van der Waals surface area contributed by atoms with Crippen LogP contribution in [0, 0.1) is 23.2 Å². The van der Waals surface area contributed by atoms with Gasteiger partial charge in [0.05, 0.1) is 11.6 Å². The highest BCUT2D eigenvalue weighted by molar-refractivity contribution is 9.10. The summed E-state index contributed by atoms with van der Waals surface area (Å²) in [4.78, 5) is 5.36. The largest absolute Gasteiger partial charge is 0.300 e. The Balaban J connectivity index is 0.000000156. The Bertz CT molecular complexity index is 1330. The van der Waals surface area contributed by atoms with Crippen LogP contribution in [-0.2, 0) is 0 Å². The minimum atomic E-state index is 0.715. The summed E-state index contributed by atoms with van der Waals surface area (Å²) >= 11 is 3.50. The molecule has 0 spiro atoms.